The Morgan fingerprint density at radius 3 is 1.77 bits per heavy atom. The van der Waals surface area contributed by atoms with E-state index in [-0.39, 0.29) is 51.7 Å². The maximum absolute atomic E-state index is 13.6. The Kier molecular flexibility index (Phi) is 26.4. The molecule has 0 aromatic heterocycles. The van der Waals surface area contributed by atoms with Gasteiger partial charge in [0.25, 0.3) is 0 Å². The van der Waals surface area contributed by atoms with Crippen molar-refractivity contribution in [2.45, 2.75) is 153 Å². The van der Waals surface area contributed by atoms with Crippen LogP contribution in [0.2, 0.25) is 0 Å². The molecule has 0 radical (unpaired) electrons. The van der Waals surface area contributed by atoms with Gasteiger partial charge < -0.3 is 80.4 Å². The maximum atomic E-state index is 13.6. The summed E-state index contributed by atoms with van der Waals surface area (Å²) in [5.41, 5.74) is 22.2. The van der Waals surface area contributed by atoms with E-state index in [9.17, 15) is 63.3 Å². The molecule has 1 rings (SSSR count). The van der Waals surface area contributed by atoms with Crippen LogP contribution in [-0.2, 0) is 47.9 Å². The SMILES string of the molecule is CCC(C)C(NC(=O)C(N)C(C)O)C(=O)NC(CO)C(=O)NC(CCCCN)C(=O)NC(C)C(=O)NC(CCCCN)C(=O)NCC(=O)NC(CCC(N)=O)C(=O)N1CCCC1C(=O)O. The lowest BCUT2D eigenvalue weighted by molar-refractivity contribution is -0.149. The monoisotopic (exact) mass is 929 g/mol. The van der Waals surface area contributed by atoms with Gasteiger partial charge in [0.2, 0.25) is 53.2 Å². The fourth-order valence-corrected chi connectivity index (χ4v) is 6.67. The quantitative estimate of drug-likeness (QED) is 0.0288. The highest BCUT2D eigenvalue weighted by Gasteiger charge is 2.38. The number of hydrogen-bond donors (Lipinski definition) is 14. The molecule has 65 heavy (non-hydrogen) atoms. The summed E-state index contributed by atoms with van der Waals surface area (Å²) >= 11 is 0. The van der Waals surface area contributed by atoms with Crippen LogP contribution in [0.3, 0.4) is 0 Å². The van der Waals surface area contributed by atoms with Crippen LogP contribution >= 0.6 is 0 Å². The first-order chi connectivity index (χ1) is 30.6. The highest BCUT2D eigenvalue weighted by Crippen LogP contribution is 2.20. The van der Waals surface area contributed by atoms with Crippen LogP contribution in [0.5, 0.6) is 0 Å². The molecule has 9 amide bonds. The van der Waals surface area contributed by atoms with Gasteiger partial charge in [0.15, 0.2) is 0 Å². The van der Waals surface area contributed by atoms with Crippen molar-refractivity contribution in [3.8, 4) is 0 Å². The highest BCUT2D eigenvalue weighted by atomic mass is 16.4. The summed E-state index contributed by atoms with van der Waals surface area (Å²) in [6.07, 6.45) is 0.988. The number of carboxylic acid groups (broad SMARTS) is 1. The van der Waals surface area contributed by atoms with E-state index in [1.54, 1.807) is 13.8 Å². The van der Waals surface area contributed by atoms with Crippen molar-refractivity contribution in [2.75, 3.05) is 32.8 Å². The van der Waals surface area contributed by atoms with Crippen molar-refractivity contribution in [1.29, 1.82) is 0 Å². The molecule has 0 bridgehead atoms. The molecular weight excluding hydrogens is 857 g/mol. The van der Waals surface area contributed by atoms with Crippen molar-refractivity contribution in [2.24, 2.45) is 28.9 Å². The lowest BCUT2D eigenvalue weighted by Gasteiger charge is -2.28. The number of aliphatic carboxylic acids is 1. The average molecular weight is 929 g/mol. The average Bonchev–Trinajstić information content (AvgIpc) is 3.77. The Morgan fingerprint density at radius 2 is 1.25 bits per heavy atom. The number of carbonyl (C=O) groups is 10. The van der Waals surface area contributed by atoms with Gasteiger partial charge in [0, 0.05) is 13.0 Å². The van der Waals surface area contributed by atoms with E-state index in [4.69, 9.17) is 22.9 Å². The third-order valence-electron chi connectivity index (χ3n) is 10.9. The largest absolute Gasteiger partial charge is 0.480 e. The summed E-state index contributed by atoms with van der Waals surface area (Å²) in [4.78, 5) is 130. The minimum Gasteiger partial charge on any atom is -0.480 e. The molecule has 0 aromatic carbocycles. The molecule has 1 aliphatic rings. The number of nitrogens with one attached hydrogen (secondary N) is 7. The highest BCUT2D eigenvalue weighted by molar-refractivity contribution is 5.97. The molecular formula is C40H72N12O13. The van der Waals surface area contributed by atoms with E-state index < -0.39 is 133 Å². The number of amides is 9. The van der Waals surface area contributed by atoms with Crippen LogP contribution in [0.15, 0.2) is 0 Å². The number of carbonyl (C=O) groups excluding carboxylic acids is 9. The molecule has 10 unspecified atom stereocenters. The van der Waals surface area contributed by atoms with Gasteiger partial charge in [-0.3, -0.25) is 43.2 Å². The van der Waals surface area contributed by atoms with Crippen molar-refractivity contribution in [1.82, 2.24) is 42.1 Å². The second-order valence-electron chi connectivity index (χ2n) is 16.2. The topological polar surface area (TPSA) is 423 Å². The molecule has 25 nitrogen and oxygen atoms in total. The second kappa shape index (κ2) is 29.8. The summed E-state index contributed by atoms with van der Waals surface area (Å²) < 4.78 is 0. The van der Waals surface area contributed by atoms with E-state index in [2.05, 4.69) is 37.2 Å². The van der Waals surface area contributed by atoms with Gasteiger partial charge in [-0.15, -0.1) is 0 Å². The third kappa shape index (κ3) is 20.1. The molecule has 1 saturated heterocycles. The number of nitrogens with zero attached hydrogens (tertiary/aromatic N) is 1. The van der Waals surface area contributed by atoms with Gasteiger partial charge in [-0.1, -0.05) is 20.3 Å². The predicted octanol–water partition coefficient (Wildman–Crippen LogP) is -5.62. The van der Waals surface area contributed by atoms with E-state index in [0.29, 0.717) is 38.5 Å². The molecule has 18 N–H and O–H groups in total. The standard InChI is InChI=1S/C40H72N12O13/c1-5-21(2)32(51-37(61)31(44)23(4)54)38(62)50-27(20-53)36(60)49-25(12-7-9-17-42)35(59)46-22(3)33(57)48-24(11-6-8-16-41)34(58)45-19-30(56)47-26(14-15-29(43)55)39(63)52-18-10-13-28(52)40(64)65/h21-28,31-32,53-54H,5-20,41-42,44H2,1-4H3,(H2,43,55)(H,45,58)(H,46,59)(H,47,56)(H,48,57)(H,49,60)(H,50,62)(H,51,61)(H,64,65). The summed E-state index contributed by atoms with van der Waals surface area (Å²) in [7, 11) is 0. The van der Waals surface area contributed by atoms with Gasteiger partial charge in [-0.05, 0) is 90.6 Å². The van der Waals surface area contributed by atoms with Gasteiger partial charge in [0.1, 0.15) is 48.3 Å². The Bertz CT molecular complexity index is 1640. The zero-order valence-corrected chi connectivity index (χ0v) is 37.8. The van der Waals surface area contributed by atoms with E-state index in [1.807, 2.05) is 0 Å². The van der Waals surface area contributed by atoms with Gasteiger partial charge in [-0.2, -0.15) is 0 Å². The van der Waals surface area contributed by atoms with Gasteiger partial charge in [0.05, 0.1) is 19.3 Å². The Hall–Kier alpha value is -5.50. The van der Waals surface area contributed by atoms with E-state index in [0.717, 1.165) is 4.90 Å². The lowest BCUT2D eigenvalue weighted by atomic mass is 9.97. The number of rotatable bonds is 31. The molecule has 0 spiro atoms. The van der Waals surface area contributed by atoms with Crippen LogP contribution < -0.4 is 60.2 Å². The molecule has 1 fully saturated rings. The number of unbranched alkanes of at least 4 members (excludes halogenated alkanes) is 2. The molecule has 0 saturated carbocycles. The molecule has 0 aromatic rings. The first-order valence-corrected chi connectivity index (χ1v) is 22.0. The Balaban J connectivity index is 3.09. The number of carboxylic acids is 1. The summed E-state index contributed by atoms with van der Waals surface area (Å²) in [5.74, 6) is -9.13. The second-order valence-corrected chi connectivity index (χ2v) is 16.2. The van der Waals surface area contributed by atoms with Gasteiger partial charge in [-0.25, -0.2) is 4.79 Å². The Labute approximate surface area is 378 Å². The number of aliphatic hydroxyl groups excluding tert-OH is 2. The van der Waals surface area contributed by atoms with Crippen molar-refractivity contribution < 1.29 is 63.3 Å². The maximum Gasteiger partial charge on any atom is 0.326 e. The summed E-state index contributed by atoms with van der Waals surface area (Å²) in [6, 6.07) is -10.4. The number of nitrogens with two attached hydrogens (primary N) is 4. The van der Waals surface area contributed by atoms with Crippen LogP contribution in [0.4, 0.5) is 0 Å². The number of aliphatic hydroxyl groups is 2. The number of hydrogen-bond acceptors (Lipinski definition) is 15. The molecule has 1 heterocycles. The summed E-state index contributed by atoms with van der Waals surface area (Å²) in [5, 5.41) is 46.5. The lowest BCUT2D eigenvalue weighted by Crippen LogP contribution is -2.61. The Morgan fingerprint density at radius 1 is 0.692 bits per heavy atom. The minimum atomic E-state index is -1.59. The molecule has 370 valence electrons. The minimum absolute atomic E-state index is 0.0251. The van der Waals surface area contributed by atoms with Crippen LogP contribution in [0, 0.1) is 5.92 Å². The van der Waals surface area contributed by atoms with E-state index in [1.165, 1.54) is 13.8 Å². The number of likely N-dealkylation sites (tertiary alicyclic amines) is 1. The molecule has 25 heteroatoms. The predicted molar refractivity (Wildman–Crippen MR) is 233 cm³/mol. The first kappa shape index (κ1) is 57.5. The fourth-order valence-electron chi connectivity index (χ4n) is 6.67. The molecule has 1 aliphatic heterocycles. The smallest absolute Gasteiger partial charge is 0.326 e. The van der Waals surface area contributed by atoms with Crippen molar-refractivity contribution >= 4 is 59.1 Å². The van der Waals surface area contributed by atoms with E-state index >= 15 is 0 Å². The van der Waals surface area contributed by atoms with Crippen molar-refractivity contribution in [3.63, 3.8) is 0 Å². The molecule has 0 aliphatic carbocycles. The summed E-state index contributed by atoms with van der Waals surface area (Å²) in [6.45, 7) is 5.09. The molecule has 10 atom stereocenters. The zero-order chi connectivity index (χ0) is 49.4. The van der Waals surface area contributed by atoms with Crippen LogP contribution in [0.25, 0.3) is 0 Å². The zero-order valence-electron chi connectivity index (χ0n) is 37.8. The normalized spacial score (nSPS) is 17.6. The van der Waals surface area contributed by atoms with Crippen LogP contribution in [0.1, 0.15) is 98.3 Å². The third-order valence-corrected chi connectivity index (χ3v) is 10.9. The van der Waals surface area contributed by atoms with Crippen LogP contribution in [-0.4, -0.2) is 167 Å². The first-order valence-electron chi connectivity index (χ1n) is 22.0. The fraction of sp³-hybridized carbons (Fsp3) is 0.750. The van der Waals surface area contributed by atoms with Crippen molar-refractivity contribution in [3.05, 3.63) is 0 Å². The van der Waals surface area contributed by atoms with Gasteiger partial charge >= 0.3 is 5.97 Å². The number of primary amides is 1.